The minimum Gasteiger partial charge on any atom is -0.469 e. The Labute approximate surface area is 110 Å². The topological polar surface area (TPSA) is 29.5 Å². The van der Waals surface area contributed by atoms with Crippen molar-refractivity contribution in [3.05, 3.63) is 35.9 Å². The third kappa shape index (κ3) is 4.15. The molecule has 18 heavy (non-hydrogen) atoms. The molecule has 0 aliphatic carbocycles. The highest BCUT2D eigenvalue weighted by Crippen LogP contribution is 2.19. The highest BCUT2D eigenvalue weighted by molar-refractivity contribution is 5.72. The molecule has 1 aliphatic heterocycles. The molecule has 3 heteroatoms. The van der Waals surface area contributed by atoms with Crippen molar-refractivity contribution >= 4 is 5.97 Å². The molecule has 0 bridgehead atoms. The number of esters is 1. The van der Waals surface area contributed by atoms with Crippen molar-refractivity contribution in [3.8, 4) is 0 Å². The fourth-order valence-electron chi connectivity index (χ4n) is 2.18. The molecule has 0 radical (unpaired) electrons. The molecule has 0 N–H and O–H groups in total. The maximum atomic E-state index is 11.4. The molecule has 1 heterocycles. The number of carbonyl (C=O) groups is 1. The van der Waals surface area contributed by atoms with Crippen LogP contribution in [0.15, 0.2) is 30.3 Å². The normalized spacial score (nSPS) is 18.9. The quantitative estimate of drug-likeness (QED) is 0.771. The SMILES string of the molecule is CC.COC(=O)C1CCN(Cc2ccccc2)C1. The van der Waals surface area contributed by atoms with Gasteiger partial charge in [0.15, 0.2) is 0 Å². The summed E-state index contributed by atoms with van der Waals surface area (Å²) < 4.78 is 4.77. The number of rotatable bonds is 3. The van der Waals surface area contributed by atoms with Gasteiger partial charge in [-0.2, -0.15) is 0 Å². The Hall–Kier alpha value is -1.35. The lowest BCUT2D eigenvalue weighted by atomic mass is 10.1. The molecule has 1 aromatic carbocycles. The van der Waals surface area contributed by atoms with Gasteiger partial charge in [0.2, 0.25) is 0 Å². The van der Waals surface area contributed by atoms with Crippen molar-refractivity contribution in [2.75, 3.05) is 20.2 Å². The molecule has 1 aromatic rings. The molecule has 0 saturated carbocycles. The largest absolute Gasteiger partial charge is 0.469 e. The molecular formula is C15H23NO2. The van der Waals surface area contributed by atoms with Crippen LogP contribution in [0, 0.1) is 5.92 Å². The number of hydrogen-bond acceptors (Lipinski definition) is 3. The van der Waals surface area contributed by atoms with Gasteiger partial charge in [-0.1, -0.05) is 44.2 Å². The van der Waals surface area contributed by atoms with Crippen LogP contribution in [-0.4, -0.2) is 31.1 Å². The van der Waals surface area contributed by atoms with Crippen LogP contribution in [0.5, 0.6) is 0 Å². The Bertz CT molecular complexity index is 351. The van der Waals surface area contributed by atoms with Gasteiger partial charge in [0.1, 0.15) is 0 Å². The van der Waals surface area contributed by atoms with Crippen molar-refractivity contribution in [3.63, 3.8) is 0 Å². The molecule has 3 nitrogen and oxygen atoms in total. The van der Waals surface area contributed by atoms with Crippen LogP contribution < -0.4 is 0 Å². The van der Waals surface area contributed by atoms with Gasteiger partial charge in [0.05, 0.1) is 13.0 Å². The third-order valence-corrected chi connectivity index (χ3v) is 3.06. The second-order valence-electron chi connectivity index (χ2n) is 4.23. The lowest BCUT2D eigenvalue weighted by molar-refractivity contribution is -0.144. The molecule has 1 fully saturated rings. The summed E-state index contributed by atoms with van der Waals surface area (Å²) in [7, 11) is 1.46. The number of likely N-dealkylation sites (tertiary alicyclic amines) is 1. The molecule has 100 valence electrons. The summed E-state index contributed by atoms with van der Waals surface area (Å²) >= 11 is 0. The van der Waals surface area contributed by atoms with Crippen LogP contribution in [0.4, 0.5) is 0 Å². The second-order valence-corrected chi connectivity index (χ2v) is 4.23. The van der Waals surface area contributed by atoms with E-state index in [9.17, 15) is 4.79 Å². The van der Waals surface area contributed by atoms with Crippen LogP contribution in [-0.2, 0) is 16.1 Å². The van der Waals surface area contributed by atoms with E-state index in [1.165, 1.54) is 12.7 Å². The van der Waals surface area contributed by atoms with E-state index in [-0.39, 0.29) is 11.9 Å². The highest BCUT2D eigenvalue weighted by atomic mass is 16.5. The number of carbonyl (C=O) groups excluding carboxylic acids is 1. The minimum atomic E-state index is -0.0736. The van der Waals surface area contributed by atoms with Crippen LogP contribution in [0.25, 0.3) is 0 Å². The van der Waals surface area contributed by atoms with Gasteiger partial charge >= 0.3 is 5.97 Å². The zero-order chi connectivity index (χ0) is 13.4. The van der Waals surface area contributed by atoms with E-state index >= 15 is 0 Å². The Morgan fingerprint density at radius 3 is 2.61 bits per heavy atom. The van der Waals surface area contributed by atoms with Gasteiger partial charge in [-0.05, 0) is 18.5 Å². The van der Waals surface area contributed by atoms with E-state index in [0.717, 1.165) is 26.1 Å². The maximum Gasteiger partial charge on any atom is 0.310 e. The van der Waals surface area contributed by atoms with Crippen molar-refractivity contribution < 1.29 is 9.53 Å². The number of nitrogens with zero attached hydrogens (tertiary/aromatic N) is 1. The first-order valence-electron chi connectivity index (χ1n) is 6.63. The van der Waals surface area contributed by atoms with Crippen molar-refractivity contribution in [2.45, 2.75) is 26.8 Å². The molecular weight excluding hydrogens is 226 g/mol. The molecule has 1 atom stereocenters. The molecule has 1 aliphatic rings. The predicted octanol–water partition coefficient (Wildman–Crippen LogP) is 2.71. The average molecular weight is 249 g/mol. The molecule has 0 spiro atoms. The monoisotopic (exact) mass is 249 g/mol. The molecule has 0 aromatic heterocycles. The summed E-state index contributed by atoms with van der Waals surface area (Å²) in [5.74, 6) is -0.00993. The van der Waals surface area contributed by atoms with E-state index in [1.54, 1.807) is 0 Å². The average Bonchev–Trinajstić information content (AvgIpc) is 2.90. The van der Waals surface area contributed by atoms with Crippen molar-refractivity contribution in [2.24, 2.45) is 5.92 Å². The first-order chi connectivity index (χ1) is 8.79. The van der Waals surface area contributed by atoms with Crippen LogP contribution in [0.3, 0.4) is 0 Å². The third-order valence-electron chi connectivity index (χ3n) is 3.06. The fourth-order valence-corrected chi connectivity index (χ4v) is 2.18. The number of ether oxygens (including phenoxy) is 1. The van der Waals surface area contributed by atoms with Gasteiger partial charge in [-0.3, -0.25) is 9.69 Å². The van der Waals surface area contributed by atoms with Crippen LogP contribution in [0.2, 0.25) is 0 Å². The molecule has 0 amide bonds. The maximum absolute atomic E-state index is 11.4. The second kappa shape index (κ2) is 7.88. The van der Waals surface area contributed by atoms with Gasteiger partial charge in [-0.25, -0.2) is 0 Å². The van der Waals surface area contributed by atoms with Crippen molar-refractivity contribution in [1.82, 2.24) is 4.90 Å². The highest BCUT2D eigenvalue weighted by Gasteiger charge is 2.28. The molecule has 2 rings (SSSR count). The summed E-state index contributed by atoms with van der Waals surface area (Å²) in [4.78, 5) is 13.7. The summed E-state index contributed by atoms with van der Waals surface area (Å²) in [5, 5.41) is 0. The lowest BCUT2D eigenvalue weighted by Crippen LogP contribution is -2.23. The van der Waals surface area contributed by atoms with Gasteiger partial charge in [0.25, 0.3) is 0 Å². The number of benzene rings is 1. The van der Waals surface area contributed by atoms with Gasteiger partial charge in [-0.15, -0.1) is 0 Å². The Balaban J connectivity index is 0.000000771. The van der Waals surface area contributed by atoms with E-state index in [2.05, 4.69) is 17.0 Å². The minimum absolute atomic E-state index is 0.0636. The van der Waals surface area contributed by atoms with Gasteiger partial charge in [0, 0.05) is 13.1 Å². The fraction of sp³-hybridized carbons (Fsp3) is 0.533. The Morgan fingerprint density at radius 1 is 1.33 bits per heavy atom. The summed E-state index contributed by atoms with van der Waals surface area (Å²) in [6.07, 6.45) is 0.916. The van der Waals surface area contributed by atoms with E-state index < -0.39 is 0 Å². The Morgan fingerprint density at radius 2 is 2.00 bits per heavy atom. The van der Waals surface area contributed by atoms with Crippen LogP contribution >= 0.6 is 0 Å². The zero-order valence-corrected chi connectivity index (χ0v) is 11.6. The molecule has 1 unspecified atom stereocenters. The Kier molecular flexibility index (Phi) is 6.44. The summed E-state index contributed by atoms with van der Waals surface area (Å²) in [6, 6.07) is 10.3. The number of methoxy groups -OCH3 is 1. The summed E-state index contributed by atoms with van der Waals surface area (Å²) in [6.45, 7) is 6.73. The predicted molar refractivity (Wildman–Crippen MR) is 73.2 cm³/mol. The van der Waals surface area contributed by atoms with Crippen LogP contribution in [0.1, 0.15) is 25.8 Å². The lowest BCUT2D eigenvalue weighted by Gasteiger charge is -2.15. The van der Waals surface area contributed by atoms with E-state index in [1.807, 2.05) is 32.0 Å². The smallest absolute Gasteiger partial charge is 0.310 e. The summed E-state index contributed by atoms with van der Waals surface area (Å²) in [5.41, 5.74) is 1.30. The molecule has 1 saturated heterocycles. The first kappa shape index (κ1) is 14.7. The van der Waals surface area contributed by atoms with E-state index in [0.29, 0.717) is 0 Å². The number of hydrogen-bond donors (Lipinski definition) is 0. The van der Waals surface area contributed by atoms with E-state index in [4.69, 9.17) is 4.74 Å². The first-order valence-corrected chi connectivity index (χ1v) is 6.63. The van der Waals surface area contributed by atoms with Crippen molar-refractivity contribution in [1.29, 1.82) is 0 Å². The standard InChI is InChI=1S/C13H17NO2.C2H6/c1-16-13(15)12-7-8-14(10-12)9-11-5-3-2-4-6-11;1-2/h2-6,12H,7-10H2,1H3;1-2H3. The van der Waals surface area contributed by atoms with Gasteiger partial charge < -0.3 is 4.74 Å². The zero-order valence-electron chi connectivity index (χ0n) is 11.6.